The molecular weight excluding hydrogens is 330 g/mol. The highest BCUT2D eigenvalue weighted by Gasteiger charge is 2.25. The number of aliphatic hydroxyl groups is 1. The minimum atomic E-state index is -0.379. The Bertz CT molecular complexity index is 743. The van der Waals surface area contributed by atoms with Crippen molar-refractivity contribution >= 4 is 11.4 Å². The van der Waals surface area contributed by atoms with Gasteiger partial charge in [-0.3, -0.25) is 15.0 Å². The Morgan fingerprint density at radius 2 is 1.92 bits per heavy atom. The smallest absolute Gasteiger partial charge is 0.292 e. The van der Waals surface area contributed by atoms with Crippen molar-refractivity contribution in [3.8, 4) is 0 Å². The van der Waals surface area contributed by atoms with E-state index in [0.29, 0.717) is 17.3 Å². The van der Waals surface area contributed by atoms with E-state index in [-0.39, 0.29) is 23.3 Å². The molecule has 1 saturated heterocycles. The second-order valence-corrected chi connectivity index (χ2v) is 6.81. The molecule has 1 fully saturated rings. The van der Waals surface area contributed by atoms with Gasteiger partial charge >= 0.3 is 0 Å². The number of likely N-dealkylation sites (tertiary alicyclic amines) is 1. The molecule has 0 bridgehead atoms. The quantitative estimate of drug-likeness (QED) is 0.610. The van der Waals surface area contributed by atoms with Crippen molar-refractivity contribution in [2.45, 2.75) is 38.5 Å². The van der Waals surface area contributed by atoms with E-state index < -0.39 is 0 Å². The molecule has 1 unspecified atom stereocenters. The average Bonchev–Trinajstić information content (AvgIpc) is 2.68. The zero-order chi connectivity index (χ0) is 18.5. The van der Waals surface area contributed by atoms with Crippen molar-refractivity contribution < 1.29 is 10.0 Å². The fourth-order valence-electron chi connectivity index (χ4n) is 3.55. The normalized spacial score (nSPS) is 17.0. The van der Waals surface area contributed by atoms with Crippen molar-refractivity contribution in [2.75, 3.05) is 18.4 Å². The molecule has 0 amide bonds. The van der Waals surface area contributed by atoms with Crippen LogP contribution in [0, 0.1) is 10.1 Å². The molecule has 1 aliphatic heterocycles. The molecule has 0 aliphatic carbocycles. The summed E-state index contributed by atoms with van der Waals surface area (Å²) >= 11 is 0. The summed E-state index contributed by atoms with van der Waals surface area (Å²) in [4.78, 5) is 13.3. The maximum atomic E-state index is 11.3. The van der Waals surface area contributed by atoms with Crippen LogP contribution >= 0.6 is 0 Å². The highest BCUT2D eigenvalue weighted by atomic mass is 16.6. The first-order valence-corrected chi connectivity index (χ1v) is 9.02. The van der Waals surface area contributed by atoms with E-state index in [0.717, 1.165) is 25.9 Å². The number of piperidine rings is 1. The summed E-state index contributed by atoms with van der Waals surface area (Å²) in [6, 6.07) is 15.7. The summed E-state index contributed by atoms with van der Waals surface area (Å²) in [5.74, 6) is 0. The van der Waals surface area contributed by atoms with Crippen LogP contribution in [0.2, 0.25) is 0 Å². The van der Waals surface area contributed by atoms with Gasteiger partial charge in [-0.15, -0.1) is 0 Å². The van der Waals surface area contributed by atoms with Crippen LogP contribution in [0.1, 0.15) is 36.9 Å². The number of hydrogen-bond acceptors (Lipinski definition) is 5. The van der Waals surface area contributed by atoms with Gasteiger partial charge in [-0.25, -0.2) is 0 Å². The number of nitro benzene ring substituents is 1. The molecule has 3 rings (SSSR count). The minimum Gasteiger partial charge on any atom is -0.392 e. The maximum absolute atomic E-state index is 11.3. The lowest BCUT2D eigenvalue weighted by Crippen LogP contribution is -2.40. The van der Waals surface area contributed by atoms with Crippen molar-refractivity contribution in [1.29, 1.82) is 0 Å². The van der Waals surface area contributed by atoms with Gasteiger partial charge in [0, 0.05) is 31.2 Å². The highest BCUT2D eigenvalue weighted by molar-refractivity contribution is 5.63. The van der Waals surface area contributed by atoms with Crippen molar-refractivity contribution in [3.63, 3.8) is 0 Å². The van der Waals surface area contributed by atoms with Gasteiger partial charge in [0.15, 0.2) is 0 Å². The highest BCUT2D eigenvalue weighted by Crippen LogP contribution is 2.29. The average molecular weight is 355 g/mol. The van der Waals surface area contributed by atoms with E-state index in [1.54, 1.807) is 12.1 Å². The Kier molecular flexibility index (Phi) is 5.85. The van der Waals surface area contributed by atoms with Crippen LogP contribution < -0.4 is 5.32 Å². The Hall–Kier alpha value is -2.44. The lowest BCUT2D eigenvalue weighted by atomic mass is 9.99. The molecule has 2 aromatic rings. The summed E-state index contributed by atoms with van der Waals surface area (Å²) in [7, 11) is 0. The second-order valence-electron chi connectivity index (χ2n) is 6.81. The number of hydrogen-bond donors (Lipinski definition) is 2. The van der Waals surface area contributed by atoms with Crippen LogP contribution in [-0.4, -0.2) is 34.1 Å². The molecule has 2 N–H and O–H groups in total. The summed E-state index contributed by atoms with van der Waals surface area (Å²) in [5.41, 5.74) is 2.54. The predicted octanol–water partition coefficient (Wildman–Crippen LogP) is 3.72. The monoisotopic (exact) mass is 355 g/mol. The molecule has 1 heterocycles. The second kappa shape index (κ2) is 8.29. The fourth-order valence-corrected chi connectivity index (χ4v) is 3.55. The summed E-state index contributed by atoms with van der Waals surface area (Å²) in [5, 5.41) is 23.9. The van der Waals surface area contributed by atoms with Crippen molar-refractivity contribution in [3.05, 3.63) is 69.8 Å². The van der Waals surface area contributed by atoms with Gasteiger partial charge in [-0.1, -0.05) is 30.3 Å². The van der Waals surface area contributed by atoms with Crippen LogP contribution in [0.4, 0.5) is 11.4 Å². The van der Waals surface area contributed by atoms with E-state index >= 15 is 0 Å². The topological polar surface area (TPSA) is 78.6 Å². The molecule has 6 heteroatoms. The number of anilines is 1. The van der Waals surface area contributed by atoms with E-state index in [2.05, 4.69) is 41.4 Å². The first kappa shape index (κ1) is 18.4. The first-order valence-electron chi connectivity index (χ1n) is 9.02. The predicted molar refractivity (Wildman–Crippen MR) is 102 cm³/mol. The van der Waals surface area contributed by atoms with E-state index in [1.165, 1.54) is 11.6 Å². The lowest BCUT2D eigenvalue weighted by molar-refractivity contribution is -0.384. The van der Waals surface area contributed by atoms with Crippen LogP contribution in [0.15, 0.2) is 48.5 Å². The first-order chi connectivity index (χ1) is 12.6. The zero-order valence-electron chi connectivity index (χ0n) is 15.0. The van der Waals surface area contributed by atoms with E-state index in [1.807, 2.05) is 6.07 Å². The number of nitrogens with one attached hydrogen (secondary N) is 1. The molecule has 1 atom stereocenters. The van der Waals surface area contributed by atoms with Gasteiger partial charge in [-0.2, -0.15) is 0 Å². The molecule has 1 aliphatic rings. The van der Waals surface area contributed by atoms with Gasteiger partial charge in [0.2, 0.25) is 0 Å². The molecule has 26 heavy (non-hydrogen) atoms. The minimum absolute atomic E-state index is 0.0577. The van der Waals surface area contributed by atoms with Gasteiger partial charge < -0.3 is 10.4 Å². The summed E-state index contributed by atoms with van der Waals surface area (Å²) in [6.45, 7) is 3.99. The van der Waals surface area contributed by atoms with Crippen molar-refractivity contribution in [1.82, 2.24) is 4.90 Å². The van der Waals surface area contributed by atoms with Gasteiger partial charge in [-0.05, 0) is 43.0 Å². The van der Waals surface area contributed by atoms with Crippen LogP contribution in [0.25, 0.3) is 0 Å². The molecular formula is C20H25N3O3. The Labute approximate surface area is 153 Å². The third kappa shape index (κ3) is 4.20. The fraction of sp³-hybridized carbons (Fsp3) is 0.400. The zero-order valence-corrected chi connectivity index (χ0v) is 15.0. The van der Waals surface area contributed by atoms with Gasteiger partial charge in [0.25, 0.3) is 5.69 Å². The van der Waals surface area contributed by atoms with Crippen LogP contribution in [0.5, 0.6) is 0 Å². The largest absolute Gasteiger partial charge is 0.392 e. The molecule has 0 spiro atoms. The van der Waals surface area contributed by atoms with E-state index in [4.69, 9.17) is 0 Å². The van der Waals surface area contributed by atoms with Gasteiger partial charge in [0.05, 0.1) is 11.5 Å². The number of benzene rings is 2. The van der Waals surface area contributed by atoms with Crippen LogP contribution in [-0.2, 0) is 6.61 Å². The SMILES string of the molecule is CC(c1ccccc1)N1CCC(Nc2cc(CO)ccc2[N+](=O)[O-])CC1. The molecule has 0 aromatic heterocycles. The number of aliphatic hydroxyl groups excluding tert-OH is 1. The maximum Gasteiger partial charge on any atom is 0.292 e. The molecule has 138 valence electrons. The third-order valence-electron chi connectivity index (χ3n) is 5.16. The van der Waals surface area contributed by atoms with Crippen LogP contribution in [0.3, 0.4) is 0 Å². The lowest BCUT2D eigenvalue weighted by Gasteiger charge is -2.36. The molecule has 0 saturated carbocycles. The number of nitrogens with zero attached hydrogens (tertiary/aromatic N) is 2. The number of nitro groups is 1. The summed E-state index contributed by atoms with van der Waals surface area (Å²) in [6.07, 6.45) is 1.86. The Morgan fingerprint density at radius 1 is 1.23 bits per heavy atom. The molecule has 0 radical (unpaired) electrons. The summed E-state index contributed by atoms with van der Waals surface area (Å²) < 4.78 is 0. The molecule has 6 nitrogen and oxygen atoms in total. The molecule has 2 aromatic carbocycles. The van der Waals surface area contributed by atoms with Gasteiger partial charge in [0.1, 0.15) is 5.69 Å². The number of rotatable bonds is 6. The van der Waals surface area contributed by atoms with Crippen molar-refractivity contribution in [2.24, 2.45) is 0 Å². The third-order valence-corrected chi connectivity index (χ3v) is 5.16. The Morgan fingerprint density at radius 3 is 2.54 bits per heavy atom. The Balaban J connectivity index is 1.63. The standard InChI is InChI=1S/C20H25N3O3/c1-15(17-5-3-2-4-6-17)22-11-9-18(10-12-22)21-19-13-16(14-24)7-8-20(19)23(25)26/h2-8,13,15,18,21,24H,9-12,14H2,1H3. The van der Waals surface area contributed by atoms with E-state index in [9.17, 15) is 15.2 Å².